The highest BCUT2D eigenvalue weighted by molar-refractivity contribution is 5.79. The maximum atomic E-state index is 5.96. The van der Waals surface area contributed by atoms with Gasteiger partial charge in [0.2, 0.25) is 0 Å². The van der Waals surface area contributed by atoms with Gasteiger partial charge in [-0.2, -0.15) is 0 Å². The molecule has 0 saturated carbocycles. The molecule has 0 radical (unpaired) electrons. The minimum Gasteiger partial charge on any atom is -0.485 e. The van der Waals surface area contributed by atoms with Gasteiger partial charge in [0.05, 0.1) is 5.52 Å². The number of ether oxygens (including phenoxy) is 1. The zero-order valence-corrected chi connectivity index (χ0v) is 9.23. The smallest absolute Gasteiger partial charge is 0.131 e. The second-order valence-corrected chi connectivity index (χ2v) is 4.51. The molecule has 1 saturated heterocycles. The van der Waals surface area contributed by atoms with Crippen molar-refractivity contribution in [2.45, 2.75) is 12.5 Å². The van der Waals surface area contributed by atoms with Crippen LogP contribution in [0.2, 0.25) is 0 Å². The van der Waals surface area contributed by atoms with Gasteiger partial charge >= 0.3 is 0 Å². The van der Waals surface area contributed by atoms with E-state index in [2.05, 4.69) is 23.3 Å². The summed E-state index contributed by atoms with van der Waals surface area (Å²) in [7, 11) is 0. The average Bonchev–Trinajstić information content (AvgIpc) is 2.27. The molecule has 0 bridgehead atoms. The fourth-order valence-electron chi connectivity index (χ4n) is 1.95. The van der Waals surface area contributed by atoms with Gasteiger partial charge in [-0.15, -0.1) is 0 Å². The summed E-state index contributed by atoms with van der Waals surface area (Å²) in [5.74, 6) is 0.921. The second kappa shape index (κ2) is 3.46. The molecular weight excluding hydrogens is 200 g/mol. The van der Waals surface area contributed by atoms with Crippen molar-refractivity contribution < 1.29 is 4.74 Å². The van der Waals surface area contributed by atoms with Crippen molar-refractivity contribution in [1.29, 1.82) is 0 Å². The third-order valence-electron chi connectivity index (χ3n) is 2.94. The van der Waals surface area contributed by atoms with Gasteiger partial charge in [0.25, 0.3) is 0 Å². The lowest BCUT2D eigenvalue weighted by molar-refractivity contribution is 0.0350. The first kappa shape index (κ1) is 9.60. The first-order chi connectivity index (χ1) is 7.75. The average molecular weight is 214 g/mol. The Kier molecular flexibility index (Phi) is 2.07. The molecule has 0 aliphatic carbocycles. The number of nitrogens with one attached hydrogen (secondary N) is 1. The standard InChI is InChI=1S/C13H14N2O/c1-13(8-14-9-13)16-11-4-5-12-10(7-11)3-2-6-15-12/h2-7,14H,8-9H2,1H3. The molecule has 1 aliphatic heterocycles. The van der Waals surface area contributed by atoms with Crippen LogP contribution >= 0.6 is 0 Å². The molecule has 3 heteroatoms. The Morgan fingerprint density at radius 1 is 1.31 bits per heavy atom. The van der Waals surface area contributed by atoms with Crippen LogP contribution in [-0.2, 0) is 0 Å². The largest absolute Gasteiger partial charge is 0.485 e. The predicted octanol–water partition coefficient (Wildman–Crippen LogP) is 1.98. The lowest BCUT2D eigenvalue weighted by Gasteiger charge is -2.39. The molecule has 3 nitrogen and oxygen atoms in total. The lowest BCUT2D eigenvalue weighted by atomic mass is 10.00. The topological polar surface area (TPSA) is 34.1 Å². The molecule has 3 rings (SSSR count). The number of aromatic nitrogens is 1. The summed E-state index contributed by atoms with van der Waals surface area (Å²) in [5, 5.41) is 4.34. The van der Waals surface area contributed by atoms with Crippen LogP contribution < -0.4 is 10.1 Å². The number of pyridine rings is 1. The molecule has 2 aromatic rings. The van der Waals surface area contributed by atoms with Crippen LogP contribution in [0, 0.1) is 0 Å². The van der Waals surface area contributed by atoms with Crippen molar-refractivity contribution in [3.63, 3.8) is 0 Å². The van der Waals surface area contributed by atoms with E-state index >= 15 is 0 Å². The maximum Gasteiger partial charge on any atom is 0.131 e. The molecule has 16 heavy (non-hydrogen) atoms. The van der Waals surface area contributed by atoms with Gasteiger partial charge in [-0.25, -0.2) is 0 Å². The van der Waals surface area contributed by atoms with Crippen molar-refractivity contribution in [2.24, 2.45) is 0 Å². The van der Waals surface area contributed by atoms with Crippen LogP contribution in [-0.4, -0.2) is 23.7 Å². The molecule has 1 N–H and O–H groups in total. The molecule has 0 spiro atoms. The van der Waals surface area contributed by atoms with Crippen molar-refractivity contribution >= 4 is 10.9 Å². The highest BCUT2D eigenvalue weighted by Crippen LogP contribution is 2.24. The van der Waals surface area contributed by atoms with Crippen LogP contribution in [0.5, 0.6) is 5.75 Å². The molecule has 0 amide bonds. The second-order valence-electron chi connectivity index (χ2n) is 4.51. The van der Waals surface area contributed by atoms with Crippen LogP contribution in [0.4, 0.5) is 0 Å². The van der Waals surface area contributed by atoms with E-state index in [0.29, 0.717) is 0 Å². The summed E-state index contributed by atoms with van der Waals surface area (Å²) in [4.78, 5) is 4.29. The van der Waals surface area contributed by atoms with Crippen LogP contribution in [0.15, 0.2) is 36.5 Å². The summed E-state index contributed by atoms with van der Waals surface area (Å²) in [6, 6.07) is 10.0. The van der Waals surface area contributed by atoms with Gasteiger partial charge < -0.3 is 10.1 Å². The van der Waals surface area contributed by atoms with E-state index in [1.165, 1.54) is 0 Å². The minimum absolute atomic E-state index is 0.0457. The minimum atomic E-state index is -0.0457. The third kappa shape index (κ3) is 1.63. The SMILES string of the molecule is CC1(Oc2ccc3ncccc3c2)CNC1. The maximum absolute atomic E-state index is 5.96. The predicted molar refractivity (Wildman–Crippen MR) is 63.6 cm³/mol. The van der Waals surface area contributed by atoms with Crippen LogP contribution in [0.25, 0.3) is 10.9 Å². The normalized spacial score (nSPS) is 18.1. The zero-order valence-electron chi connectivity index (χ0n) is 9.23. The van der Waals surface area contributed by atoms with E-state index in [-0.39, 0.29) is 5.60 Å². The molecule has 1 aromatic heterocycles. The highest BCUT2D eigenvalue weighted by atomic mass is 16.5. The number of hydrogen-bond donors (Lipinski definition) is 1. The van der Waals surface area contributed by atoms with E-state index in [9.17, 15) is 0 Å². The van der Waals surface area contributed by atoms with E-state index < -0.39 is 0 Å². The van der Waals surface area contributed by atoms with Gasteiger partial charge in [-0.3, -0.25) is 4.98 Å². The first-order valence-electron chi connectivity index (χ1n) is 5.50. The van der Waals surface area contributed by atoms with Gasteiger partial charge in [0.15, 0.2) is 0 Å². The number of rotatable bonds is 2. The van der Waals surface area contributed by atoms with Crippen LogP contribution in [0.1, 0.15) is 6.92 Å². The molecule has 82 valence electrons. The van der Waals surface area contributed by atoms with E-state index in [4.69, 9.17) is 4.74 Å². The van der Waals surface area contributed by atoms with E-state index in [1.807, 2.05) is 24.3 Å². The Labute approximate surface area is 94.5 Å². The summed E-state index contributed by atoms with van der Waals surface area (Å²) in [6.07, 6.45) is 1.81. The van der Waals surface area contributed by atoms with Gasteiger partial charge in [-0.1, -0.05) is 6.07 Å². The van der Waals surface area contributed by atoms with Gasteiger partial charge in [0.1, 0.15) is 11.4 Å². The van der Waals surface area contributed by atoms with E-state index in [1.54, 1.807) is 6.20 Å². The summed E-state index contributed by atoms with van der Waals surface area (Å²) in [5.41, 5.74) is 0.960. The van der Waals surface area contributed by atoms with Gasteiger partial charge in [0, 0.05) is 24.7 Å². The number of nitrogens with zero attached hydrogens (tertiary/aromatic N) is 1. The molecule has 1 aromatic carbocycles. The number of fused-ring (bicyclic) bond motifs is 1. The Morgan fingerprint density at radius 3 is 2.94 bits per heavy atom. The molecule has 1 fully saturated rings. The Hall–Kier alpha value is -1.61. The molecule has 1 aliphatic rings. The van der Waals surface area contributed by atoms with Crippen molar-refractivity contribution in [3.8, 4) is 5.75 Å². The van der Waals surface area contributed by atoms with Crippen molar-refractivity contribution in [1.82, 2.24) is 10.3 Å². The zero-order chi connectivity index (χ0) is 11.0. The third-order valence-corrected chi connectivity index (χ3v) is 2.94. The first-order valence-corrected chi connectivity index (χ1v) is 5.50. The highest BCUT2D eigenvalue weighted by Gasteiger charge is 2.33. The molecule has 0 unspecified atom stereocenters. The quantitative estimate of drug-likeness (QED) is 0.830. The lowest BCUT2D eigenvalue weighted by Crippen LogP contribution is -2.60. The summed E-state index contributed by atoms with van der Waals surface area (Å²) in [6.45, 7) is 3.95. The monoisotopic (exact) mass is 214 g/mol. The molecule has 0 atom stereocenters. The van der Waals surface area contributed by atoms with E-state index in [0.717, 1.165) is 29.7 Å². The number of benzene rings is 1. The van der Waals surface area contributed by atoms with Gasteiger partial charge in [-0.05, 0) is 31.2 Å². The Morgan fingerprint density at radius 2 is 2.19 bits per heavy atom. The Bertz CT molecular complexity index is 520. The van der Waals surface area contributed by atoms with Crippen LogP contribution in [0.3, 0.4) is 0 Å². The van der Waals surface area contributed by atoms with Crippen molar-refractivity contribution in [2.75, 3.05) is 13.1 Å². The summed E-state index contributed by atoms with van der Waals surface area (Å²) < 4.78 is 5.96. The summed E-state index contributed by atoms with van der Waals surface area (Å²) >= 11 is 0. The Balaban J connectivity index is 1.93. The fourth-order valence-corrected chi connectivity index (χ4v) is 1.95. The molecular formula is C13H14N2O. The molecule has 2 heterocycles. The van der Waals surface area contributed by atoms with Crippen molar-refractivity contribution in [3.05, 3.63) is 36.5 Å². The fraction of sp³-hybridized carbons (Fsp3) is 0.308. The number of hydrogen-bond acceptors (Lipinski definition) is 3.